The number of rotatable bonds is 1. The lowest BCUT2D eigenvalue weighted by Crippen LogP contribution is -1.99. The maximum absolute atomic E-state index is 11.8. The zero-order valence-electron chi connectivity index (χ0n) is 8.34. The molecule has 0 N–H and O–H groups in total. The minimum Gasteiger partial charge on any atom is -0.472 e. The van der Waals surface area contributed by atoms with Gasteiger partial charge in [-0.25, -0.2) is 0 Å². The van der Waals surface area contributed by atoms with Crippen molar-refractivity contribution < 1.29 is 8.83 Å². The molecule has 0 atom stereocenters. The van der Waals surface area contributed by atoms with Crippen LogP contribution in [0.5, 0.6) is 0 Å². The Morgan fingerprint density at radius 1 is 1.06 bits per heavy atom. The van der Waals surface area contributed by atoms with Gasteiger partial charge < -0.3 is 8.83 Å². The SMILES string of the molecule is O=c1cc(-c2ccoc2)oc2ccccc12. The molecule has 16 heavy (non-hydrogen) atoms. The Kier molecular flexibility index (Phi) is 1.90. The van der Waals surface area contributed by atoms with Crippen molar-refractivity contribution in [3.8, 4) is 11.3 Å². The van der Waals surface area contributed by atoms with E-state index in [-0.39, 0.29) is 5.43 Å². The van der Waals surface area contributed by atoms with Crippen molar-refractivity contribution in [2.24, 2.45) is 0 Å². The van der Waals surface area contributed by atoms with E-state index >= 15 is 0 Å². The second-order valence-corrected chi connectivity index (χ2v) is 3.48. The van der Waals surface area contributed by atoms with E-state index in [2.05, 4.69) is 0 Å². The summed E-state index contributed by atoms with van der Waals surface area (Å²) in [5.41, 5.74) is 1.31. The van der Waals surface area contributed by atoms with Gasteiger partial charge in [0.1, 0.15) is 17.6 Å². The highest BCUT2D eigenvalue weighted by Crippen LogP contribution is 2.21. The number of para-hydroxylation sites is 1. The van der Waals surface area contributed by atoms with Crippen LogP contribution < -0.4 is 5.43 Å². The molecule has 0 fully saturated rings. The van der Waals surface area contributed by atoms with Crippen LogP contribution in [0, 0.1) is 0 Å². The predicted octanol–water partition coefficient (Wildman–Crippen LogP) is 3.05. The van der Waals surface area contributed by atoms with Crippen molar-refractivity contribution >= 4 is 11.0 Å². The van der Waals surface area contributed by atoms with Crippen molar-refractivity contribution in [1.29, 1.82) is 0 Å². The van der Waals surface area contributed by atoms with Gasteiger partial charge in [0.05, 0.1) is 17.2 Å². The topological polar surface area (TPSA) is 43.4 Å². The molecule has 0 amide bonds. The first kappa shape index (κ1) is 8.97. The molecule has 78 valence electrons. The van der Waals surface area contributed by atoms with Gasteiger partial charge in [0.2, 0.25) is 0 Å². The Morgan fingerprint density at radius 3 is 2.75 bits per heavy atom. The molecule has 0 saturated carbocycles. The Labute approximate surface area is 90.9 Å². The molecule has 0 bridgehead atoms. The van der Waals surface area contributed by atoms with E-state index in [0.717, 1.165) is 5.56 Å². The summed E-state index contributed by atoms with van der Waals surface area (Å²) in [5.74, 6) is 0.525. The lowest BCUT2D eigenvalue weighted by atomic mass is 10.2. The summed E-state index contributed by atoms with van der Waals surface area (Å²) in [6.45, 7) is 0. The van der Waals surface area contributed by atoms with Gasteiger partial charge in [-0.1, -0.05) is 12.1 Å². The smallest absolute Gasteiger partial charge is 0.193 e. The molecule has 0 spiro atoms. The largest absolute Gasteiger partial charge is 0.472 e. The van der Waals surface area contributed by atoms with Crippen LogP contribution in [-0.2, 0) is 0 Å². The van der Waals surface area contributed by atoms with Gasteiger partial charge in [0, 0.05) is 6.07 Å². The van der Waals surface area contributed by atoms with Crippen LogP contribution in [-0.4, -0.2) is 0 Å². The van der Waals surface area contributed by atoms with Crippen molar-refractivity contribution in [1.82, 2.24) is 0 Å². The van der Waals surface area contributed by atoms with E-state index in [1.54, 1.807) is 30.7 Å². The molecule has 1 aromatic carbocycles. The molecule has 0 aliphatic heterocycles. The molecule has 0 radical (unpaired) electrons. The number of fused-ring (bicyclic) bond motifs is 1. The summed E-state index contributed by atoms with van der Waals surface area (Å²) in [6.07, 6.45) is 3.09. The summed E-state index contributed by atoms with van der Waals surface area (Å²) >= 11 is 0. The zero-order valence-corrected chi connectivity index (χ0v) is 8.34. The molecule has 0 aliphatic carbocycles. The standard InChI is InChI=1S/C13H8O3/c14-11-7-13(9-5-6-15-8-9)16-12-4-2-1-3-10(11)12/h1-8H. The molecular weight excluding hydrogens is 204 g/mol. The van der Waals surface area contributed by atoms with E-state index in [4.69, 9.17) is 8.83 Å². The maximum Gasteiger partial charge on any atom is 0.193 e. The molecule has 3 aromatic rings. The minimum absolute atomic E-state index is 0.0435. The predicted molar refractivity (Wildman–Crippen MR) is 60.2 cm³/mol. The first-order chi connectivity index (χ1) is 7.84. The van der Waals surface area contributed by atoms with E-state index in [1.807, 2.05) is 12.1 Å². The van der Waals surface area contributed by atoms with Crippen LogP contribution in [0.3, 0.4) is 0 Å². The highest BCUT2D eigenvalue weighted by atomic mass is 16.3. The number of benzene rings is 1. The average molecular weight is 212 g/mol. The summed E-state index contributed by atoms with van der Waals surface area (Å²) in [4.78, 5) is 11.8. The summed E-state index contributed by atoms with van der Waals surface area (Å²) in [6, 6.07) is 10.4. The van der Waals surface area contributed by atoms with E-state index < -0.39 is 0 Å². The average Bonchev–Trinajstić information content (AvgIpc) is 2.82. The summed E-state index contributed by atoms with van der Waals surface area (Å²) in [5, 5.41) is 0.592. The summed E-state index contributed by atoms with van der Waals surface area (Å²) in [7, 11) is 0. The quantitative estimate of drug-likeness (QED) is 0.622. The molecular formula is C13H8O3. The van der Waals surface area contributed by atoms with Gasteiger partial charge in [-0.2, -0.15) is 0 Å². The van der Waals surface area contributed by atoms with Gasteiger partial charge >= 0.3 is 0 Å². The van der Waals surface area contributed by atoms with Crippen molar-refractivity contribution in [2.75, 3.05) is 0 Å². The third-order valence-electron chi connectivity index (χ3n) is 2.44. The normalized spacial score (nSPS) is 10.8. The molecule has 0 aliphatic rings. The number of furan rings is 1. The first-order valence-electron chi connectivity index (χ1n) is 4.90. The molecule has 2 heterocycles. The Bertz CT molecular complexity index is 678. The lowest BCUT2D eigenvalue weighted by molar-refractivity contribution is 0.564. The monoisotopic (exact) mass is 212 g/mol. The summed E-state index contributed by atoms with van der Waals surface area (Å²) < 4.78 is 10.6. The van der Waals surface area contributed by atoms with E-state index in [1.165, 1.54) is 6.07 Å². The molecule has 0 saturated heterocycles. The fourth-order valence-corrected chi connectivity index (χ4v) is 1.65. The van der Waals surface area contributed by atoms with Crippen molar-refractivity contribution in [3.63, 3.8) is 0 Å². The second kappa shape index (κ2) is 3.38. The van der Waals surface area contributed by atoms with Crippen LogP contribution in [0.25, 0.3) is 22.3 Å². The van der Waals surface area contributed by atoms with Crippen LogP contribution in [0.15, 0.2) is 62.6 Å². The fraction of sp³-hybridized carbons (Fsp3) is 0. The van der Waals surface area contributed by atoms with Gasteiger partial charge in [0.25, 0.3) is 0 Å². The third kappa shape index (κ3) is 1.34. The highest BCUT2D eigenvalue weighted by Gasteiger charge is 2.06. The second-order valence-electron chi connectivity index (χ2n) is 3.48. The highest BCUT2D eigenvalue weighted by molar-refractivity contribution is 5.78. The molecule has 3 rings (SSSR count). The first-order valence-corrected chi connectivity index (χ1v) is 4.90. The maximum atomic E-state index is 11.8. The van der Waals surface area contributed by atoms with Crippen LogP contribution in [0.1, 0.15) is 0 Å². The molecule has 0 unspecified atom stereocenters. The van der Waals surface area contributed by atoms with Crippen LogP contribution in [0.4, 0.5) is 0 Å². The van der Waals surface area contributed by atoms with Crippen LogP contribution >= 0.6 is 0 Å². The number of hydrogen-bond acceptors (Lipinski definition) is 3. The van der Waals surface area contributed by atoms with Gasteiger partial charge in [-0.15, -0.1) is 0 Å². The van der Waals surface area contributed by atoms with Gasteiger partial charge in [-0.05, 0) is 18.2 Å². The Balaban J connectivity index is 2.34. The van der Waals surface area contributed by atoms with E-state index in [9.17, 15) is 4.79 Å². The Morgan fingerprint density at radius 2 is 1.94 bits per heavy atom. The van der Waals surface area contributed by atoms with E-state index in [0.29, 0.717) is 16.7 Å². The van der Waals surface area contributed by atoms with Crippen molar-refractivity contribution in [2.45, 2.75) is 0 Å². The number of hydrogen-bond donors (Lipinski definition) is 0. The van der Waals surface area contributed by atoms with Gasteiger partial charge in [-0.3, -0.25) is 4.79 Å². The third-order valence-corrected chi connectivity index (χ3v) is 2.44. The molecule has 3 nitrogen and oxygen atoms in total. The van der Waals surface area contributed by atoms with Crippen molar-refractivity contribution in [3.05, 3.63) is 59.1 Å². The lowest BCUT2D eigenvalue weighted by Gasteiger charge is -1.99. The van der Waals surface area contributed by atoms with Gasteiger partial charge in [0.15, 0.2) is 5.43 Å². The Hall–Kier alpha value is -2.29. The van der Waals surface area contributed by atoms with Crippen LogP contribution in [0.2, 0.25) is 0 Å². The molecule has 3 heteroatoms. The minimum atomic E-state index is -0.0435. The molecule has 2 aromatic heterocycles. The fourth-order valence-electron chi connectivity index (χ4n) is 1.65. The zero-order chi connectivity index (χ0) is 11.0.